The Balaban J connectivity index is 2.11. The van der Waals surface area contributed by atoms with Crippen molar-refractivity contribution in [3.8, 4) is 0 Å². The lowest BCUT2D eigenvalue weighted by Crippen LogP contribution is -2.33. The van der Waals surface area contributed by atoms with Crippen molar-refractivity contribution < 1.29 is 18.4 Å². The number of hydrogen-bond acceptors (Lipinski definition) is 2. The fourth-order valence-electron chi connectivity index (χ4n) is 3.05. The van der Waals surface area contributed by atoms with E-state index in [2.05, 4.69) is 0 Å². The summed E-state index contributed by atoms with van der Waals surface area (Å²) in [5.41, 5.74) is 2.10. The first-order valence-electron chi connectivity index (χ1n) is 8.32. The molecule has 0 aliphatic carbocycles. The number of anilines is 2. The van der Waals surface area contributed by atoms with Crippen molar-refractivity contribution in [3.05, 3.63) is 83.2 Å². The summed E-state index contributed by atoms with van der Waals surface area (Å²) in [4.78, 5) is 27.2. The van der Waals surface area contributed by atoms with Gasteiger partial charge in [-0.05, 0) is 43.7 Å². The second-order valence-corrected chi connectivity index (χ2v) is 6.29. The number of carbonyl (C=O) groups excluding carboxylic acids is 2. The summed E-state index contributed by atoms with van der Waals surface area (Å²) in [5, 5.41) is 0. The standard InChI is InChI=1S/C21H18F2N2O2/c1-13-12-24(3)14(2)19(13)20(26)21(27)25(15-7-5-4-6-8-15)16-9-10-17(22)18(23)11-16/h4-12H,1-3H3. The smallest absolute Gasteiger partial charge is 0.304 e. The number of aromatic nitrogens is 1. The third-order valence-corrected chi connectivity index (χ3v) is 4.47. The Bertz CT molecular complexity index is 1030. The summed E-state index contributed by atoms with van der Waals surface area (Å²) < 4.78 is 28.9. The highest BCUT2D eigenvalue weighted by Crippen LogP contribution is 2.28. The molecule has 0 N–H and O–H groups in total. The van der Waals surface area contributed by atoms with Gasteiger partial charge in [0.15, 0.2) is 11.6 Å². The Labute approximate surface area is 155 Å². The Hall–Kier alpha value is -3.28. The van der Waals surface area contributed by atoms with Crippen LogP contribution in [0, 0.1) is 25.5 Å². The van der Waals surface area contributed by atoms with Crippen LogP contribution < -0.4 is 4.90 Å². The van der Waals surface area contributed by atoms with Gasteiger partial charge in [-0.1, -0.05) is 18.2 Å². The van der Waals surface area contributed by atoms with Gasteiger partial charge in [-0.15, -0.1) is 0 Å². The van der Waals surface area contributed by atoms with Crippen LogP contribution in [0.3, 0.4) is 0 Å². The number of nitrogens with zero attached hydrogens (tertiary/aromatic N) is 2. The molecule has 1 amide bonds. The van der Waals surface area contributed by atoms with E-state index in [0.29, 0.717) is 22.5 Å². The number of hydrogen-bond donors (Lipinski definition) is 0. The number of amides is 1. The summed E-state index contributed by atoms with van der Waals surface area (Å²) in [6, 6.07) is 11.5. The molecule has 0 aliphatic rings. The number of ketones is 1. The zero-order valence-electron chi connectivity index (χ0n) is 15.2. The normalized spacial score (nSPS) is 10.7. The fourth-order valence-corrected chi connectivity index (χ4v) is 3.05. The van der Waals surface area contributed by atoms with E-state index in [-0.39, 0.29) is 5.69 Å². The van der Waals surface area contributed by atoms with Crippen molar-refractivity contribution in [1.82, 2.24) is 4.57 Å². The molecule has 0 aliphatic heterocycles. The molecule has 0 unspecified atom stereocenters. The van der Waals surface area contributed by atoms with E-state index in [4.69, 9.17) is 0 Å². The molecular formula is C21H18F2N2O2. The molecule has 0 atom stereocenters. The predicted molar refractivity (Wildman–Crippen MR) is 99.2 cm³/mol. The molecule has 3 aromatic rings. The van der Waals surface area contributed by atoms with Crippen molar-refractivity contribution in [1.29, 1.82) is 0 Å². The Morgan fingerprint density at radius 2 is 1.59 bits per heavy atom. The van der Waals surface area contributed by atoms with E-state index >= 15 is 0 Å². The fraction of sp³-hybridized carbons (Fsp3) is 0.143. The second kappa shape index (κ2) is 7.15. The maximum absolute atomic E-state index is 13.8. The Kier molecular flexibility index (Phi) is 4.90. The monoisotopic (exact) mass is 368 g/mol. The van der Waals surface area contributed by atoms with Gasteiger partial charge in [-0.25, -0.2) is 8.78 Å². The van der Waals surface area contributed by atoms with Crippen LogP contribution in [0.25, 0.3) is 0 Å². The van der Waals surface area contributed by atoms with Crippen LogP contribution in [0.15, 0.2) is 54.7 Å². The molecule has 1 heterocycles. The SMILES string of the molecule is Cc1cn(C)c(C)c1C(=O)C(=O)N(c1ccccc1)c1ccc(F)c(F)c1. The Morgan fingerprint density at radius 3 is 2.15 bits per heavy atom. The zero-order valence-corrected chi connectivity index (χ0v) is 15.2. The summed E-state index contributed by atoms with van der Waals surface area (Å²) in [7, 11) is 1.79. The maximum Gasteiger partial charge on any atom is 0.304 e. The van der Waals surface area contributed by atoms with E-state index in [1.165, 1.54) is 6.07 Å². The van der Waals surface area contributed by atoms with Crippen LogP contribution in [0.4, 0.5) is 20.2 Å². The molecule has 3 rings (SSSR count). The first kappa shape index (κ1) is 18.5. The first-order valence-corrected chi connectivity index (χ1v) is 8.32. The van der Waals surface area contributed by atoms with E-state index in [1.54, 1.807) is 62.0 Å². The highest BCUT2D eigenvalue weighted by atomic mass is 19.2. The molecule has 6 heteroatoms. The first-order chi connectivity index (χ1) is 12.8. The Morgan fingerprint density at radius 1 is 0.926 bits per heavy atom. The van der Waals surface area contributed by atoms with Gasteiger partial charge in [-0.2, -0.15) is 0 Å². The molecule has 2 aromatic carbocycles. The van der Waals surface area contributed by atoms with Crippen LogP contribution >= 0.6 is 0 Å². The number of aryl methyl sites for hydroxylation is 2. The molecule has 0 bridgehead atoms. The van der Waals surface area contributed by atoms with Crippen molar-refractivity contribution in [3.63, 3.8) is 0 Å². The zero-order chi connectivity index (χ0) is 19.7. The third-order valence-electron chi connectivity index (χ3n) is 4.47. The molecule has 0 saturated carbocycles. The topological polar surface area (TPSA) is 42.3 Å². The molecule has 0 spiro atoms. The minimum atomic E-state index is -1.10. The van der Waals surface area contributed by atoms with E-state index < -0.39 is 23.3 Å². The highest BCUT2D eigenvalue weighted by molar-refractivity contribution is 6.48. The number of carbonyl (C=O) groups is 2. The summed E-state index contributed by atoms with van der Waals surface area (Å²) in [6.07, 6.45) is 1.76. The molecule has 138 valence electrons. The predicted octanol–water partition coefficient (Wildman–Crippen LogP) is 4.47. The number of Topliss-reactive ketones (excluding diaryl/α,β-unsaturated/α-hetero) is 1. The molecule has 4 nitrogen and oxygen atoms in total. The van der Waals surface area contributed by atoms with Crippen LogP contribution in [0.5, 0.6) is 0 Å². The molecule has 0 radical (unpaired) electrons. The third kappa shape index (κ3) is 3.38. The average molecular weight is 368 g/mol. The van der Waals surface area contributed by atoms with Crippen molar-refractivity contribution in [2.45, 2.75) is 13.8 Å². The van der Waals surface area contributed by atoms with Crippen LogP contribution in [0.1, 0.15) is 21.6 Å². The van der Waals surface area contributed by atoms with E-state index in [1.807, 2.05) is 0 Å². The minimum Gasteiger partial charge on any atom is -0.354 e. The number of rotatable bonds is 4. The average Bonchev–Trinajstić information content (AvgIpc) is 2.90. The van der Waals surface area contributed by atoms with E-state index in [9.17, 15) is 18.4 Å². The van der Waals surface area contributed by atoms with Gasteiger partial charge in [0.05, 0.1) is 11.3 Å². The van der Waals surface area contributed by atoms with Gasteiger partial charge in [0, 0.05) is 30.7 Å². The summed E-state index contributed by atoms with van der Waals surface area (Å²) in [6.45, 7) is 3.50. The number of halogens is 2. The van der Waals surface area contributed by atoms with Crippen molar-refractivity contribution >= 4 is 23.1 Å². The second-order valence-electron chi connectivity index (χ2n) is 6.29. The van der Waals surface area contributed by atoms with Crippen LogP contribution in [-0.4, -0.2) is 16.3 Å². The minimum absolute atomic E-state index is 0.0738. The maximum atomic E-state index is 13.8. The molecule has 0 fully saturated rings. The lowest BCUT2D eigenvalue weighted by atomic mass is 10.1. The van der Waals surface area contributed by atoms with E-state index in [0.717, 1.165) is 17.0 Å². The van der Waals surface area contributed by atoms with Gasteiger partial charge >= 0.3 is 5.91 Å². The number of benzene rings is 2. The highest BCUT2D eigenvalue weighted by Gasteiger charge is 2.29. The van der Waals surface area contributed by atoms with Gasteiger partial charge < -0.3 is 4.57 Å². The molecule has 1 aromatic heterocycles. The van der Waals surface area contributed by atoms with Gasteiger partial charge in [0.25, 0.3) is 5.78 Å². The lowest BCUT2D eigenvalue weighted by Gasteiger charge is -2.22. The summed E-state index contributed by atoms with van der Waals surface area (Å²) >= 11 is 0. The van der Waals surface area contributed by atoms with Crippen molar-refractivity contribution in [2.24, 2.45) is 7.05 Å². The lowest BCUT2D eigenvalue weighted by molar-refractivity contribution is -0.114. The molecular weight excluding hydrogens is 350 g/mol. The van der Waals surface area contributed by atoms with Gasteiger partial charge in [-0.3, -0.25) is 14.5 Å². The molecule has 0 saturated heterocycles. The van der Waals surface area contributed by atoms with Gasteiger partial charge in [0.1, 0.15) is 0 Å². The summed E-state index contributed by atoms with van der Waals surface area (Å²) in [5.74, 6) is -3.68. The van der Waals surface area contributed by atoms with Gasteiger partial charge in [0.2, 0.25) is 0 Å². The number of para-hydroxylation sites is 1. The molecule has 27 heavy (non-hydrogen) atoms. The van der Waals surface area contributed by atoms with Crippen LogP contribution in [0.2, 0.25) is 0 Å². The van der Waals surface area contributed by atoms with Crippen molar-refractivity contribution in [2.75, 3.05) is 4.90 Å². The van der Waals surface area contributed by atoms with Crippen LogP contribution in [-0.2, 0) is 11.8 Å². The quantitative estimate of drug-likeness (QED) is 0.504. The largest absolute Gasteiger partial charge is 0.354 e.